The number of hydrogen-bond acceptors (Lipinski definition) is 5. The average Bonchev–Trinajstić information content (AvgIpc) is 2.23. The molecule has 5 heteroatoms. The Hall–Kier alpha value is -1.36. The van der Waals surface area contributed by atoms with E-state index in [0.717, 1.165) is 26.1 Å². The molecule has 0 amide bonds. The molecule has 1 aromatic rings. The lowest BCUT2D eigenvalue weighted by Crippen LogP contribution is -2.30. The van der Waals surface area contributed by atoms with Crippen LogP contribution in [0.3, 0.4) is 0 Å². The van der Waals surface area contributed by atoms with E-state index < -0.39 is 0 Å². The number of nitrogens with zero attached hydrogens (tertiary/aromatic N) is 2. The van der Waals surface area contributed by atoms with Gasteiger partial charge in [-0.25, -0.2) is 9.97 Å². The van der Waals surface area contributed by atoms with E-state index in [9.17, 15) is 0 Å². The van der Waals surface area contributed by atoms with E-state index in [1.165, 1.54) is 0 Å². The highest BCUT2D eigenvalue weighted by Gasteiger charge is 2.13. The predicted octanol–water partition coefficient (Wildman–Crippen LogP) is 0.650. The van der Waals surface area contributed by atoms with Crippen molar-refractivity contribution >= 4 is 11.6 Å². The van der Waals surface area contributed by atoms with E-state index in [4.69, 9.17) is 10.5 Å². The quantitative estimate of drug-likeness (QED) is 0.723. The molecule has 1 aliphatic rings. The van der Waals surface area contributed by atoms with Crippen molar-refractivity contribution in [2.75, 3.05) is 24.3 Å². The second-order valence-electron chi connectivity index (χ2n) is 3.40. The summed E-state index contributed by atoms with van der Waals surface area (Å²) in [5.41, 5.74) is 6.06. The maximum Gasteiger partial charge on any atom is 0.223 e. The van der Waals surface area contributed by atoms with E-state index >= 15 is 0 Å². The number of rotatable bonds is 2. The van der Waals surface area contributed by atoms with Crippen molar-refractivity contribution in [1.82, 2.24) is 9.97 Å². The fourth-order valence-electron chi connectivity index (χ4n) is 1.45. The van der Waals surface area contributed by atoms with Gasteiger partial charge in [0.05, 0.1) is 30.7 Å². The molecule has 76 valence electrons. The van der Waals surface area contributed by atoms with Gasteiger partial charge in [0.2, 0.25) is 5.95 Å². The van der Waals surface area contributed by atoms with E-state index in [-0.39, 0.29) is 0 Å². The fraction of sp³-hybridized carbons (Fsp3) is 0.556. The van der Waals surface area contributed by atoms with Crippen molar-refractivity contribution in [3.8, 4) is 0 Å². The number of anilines is 2. The molecule has 14 heavy (non-hydrogen) atoms. The number of nitrogen functional groups attached to an aromatic ring is 1. The van der Waals surface area contributed by atoms with Crippen molar-refractivity contribution in [1.29, 1.82) is 0 Å². The molecule has 0 aromatic carbocycles. The van der Waals surface area contributed by atoms with Gasteiger partial charge in [0.1, 0.15) is 0 Å². The van der Waals surface area contributed by atoms with Gasteiger partial charge in [-0.2, -0.15) is 0 Å². The Morgan fingerprint density at radius 2 is 2.21 bits per heavy atom. The minimum absolute atomic E-state index is 0.326. The summed E-state index contributed by atoms with van der Waals surface area (Å²) in [5.74, 6) is 0.620. The Bertz CT molecular complexity index is 281. The zero-order valence-electron chi connectivity index (χ0n) is 7.94. The van der Waals surface area contributed by atoms with Crippen LogP contribution in [0.2, 0.25) is 0 Å². The summed E-state index contributed by atoms with van der Waals surface area (Å²) in [6.45, 7) is 1.59. The van der Waals surface area contributed by atoms with Crippen LogP contribution in [0.5, 0.6) is 0 Å². The van der Waals surface area contributed by atoms with Gasteiger partial charge < -0.3 is 15.8 Å². The summed E-state index contributed by atoms with van der Waals surface area (Å²) >= 11 is 0. The summed E-state index contributed by atoms with van der Waals surface area (Å²) in [6.07, 6.45) is 5.39. The molecule has 3 N–H and O–H groups in total. The molecule has 0 saturated carbocycles. The monoisotopic (exact) mass is 194 g/mol. The van der Waals surface area contributed by atoms with Crippen LogP contribution in [0.25, 0.3) is 0 Å². The first-order chi connectivity index (χ1) is 6.84. The largest absolute Gasteiger partial charge is 0.396 e. The highest BCUT2D eigenvalue weighted by atomic mass is 16.5. The molecule has 1 fully saturated rings. The maximum absolute atomic E-state index is 5.48. The Morgan fingerprint density at radius 3 is 2.86 bits per heavy atom. The second-order valence-corrected chi connectivity index (χ2v) is 3.40. The topological polar surface area (TPSA) is 73.1 Å². The first-order valence-corrected chi connectivity index (χ1v) is 4.76. The van der Waals surface area contributed by atoms with Gasteiger partial charge in [-0.3, -0.25) is 0 Å². The third-order valence-electron chi connectivity index (χ3n) is 2.17. The minimum atomic E-state index is 0.326. The van der Waals surface area contributed by atoms with Crippen molar-refractivity contribution in [3.63, 3.8) is 0 Å². The molecule has 2 heterocycles. The fourth-order valence-corrected chi connectivity index (χ4v) is 1.45. The number of hydrogen-bond donors (Lipinski definition) is 2. The molecule has 1 aliphatic heterocycles. The van der Waals surface area contributed by atoms with Crippen LogP contribution in [-0.4, -0.2) is 29.2 Å². The molecule has 1 saturated heterocycles. The van der Waals surface area contributed by atoms with E-state index in [2.05, 4.69) is 15.3 Å². The molecule has 1 unspecified atom stereocenters. The van der Waals surface area contributed by atoms with Gasteiger partial charge in [0, 0.05) is 6.61 Å². The van der Waals surface area contributed by atoms with Crippen molar-refractivity contribution < 1.29 is 4.74 Å². The summed E-state index contributed by atoms with van der Waals surface area (Å²) in [5, 5.41) is 3.21. The molecule has 0 aliphatic carbocycles. The normalized spacial score (nSPS) is 21.9. The molecule has 2 rings (SSSR count). The Balaban J connectivity index is 1.92. The van der Waals surface area contributed by atoms with Gasteiger partial charge in [0.25, 0.3) is 0 Å². The second kappa shape index (κ2) is 4.23. The molecule has 0 spiro atoms. The summed E-state index contributed by atoms with van der Waals surface area (Å²) in [6, 6.07) is 0.326. The summed E-state index contributed by atoms with van der Waals surface area (Å²) in [4.78, 5) is 8.14. The van der Waals surface area contributed by atoms with Crippen LogP contribution in [0.1, 0.15) is 12.8 Å². The summed E-state index contributed by atoms with van der Waals surface area (Å²) < 4.78 is 5.34. The molecular weight excluding hydrogens is 180 g/mol. The number of nitrogens with one attached hydrogen (secondary N) is 1. The van der Waals surface area contributed by atoms with Gasteiger partial charge in [-0.1, -0.05) is 0 Å². The molecule has 0 bridgehead atoms. The van der Waals surface area contributed by atoms with Gasteiger partial charge >= 0.3 is 0 Å². The predicted molar refractivity (Wildman–Crippen MR) is 53.9 cm³/mol. The van der Waals surface area contributed by atoms with Gasteiger partial charge in [-0.15, -0.1) is 0 Å². The van der Waals surface area contributed by atoms with Crippen LogP contribution in [0.15, 0.2) is 12.4 Å². The SMILES string of the molecule is Nc1cnc(NC2CCCOC2)nc1. The number of nitrogens with two attached hydrogens (primary N) is 1. The average molecular weight is 194 g/mol. The van der Waals surface area contributed by atoms with E-state index in [1.54, 1.807) is 12.4 Å². The van der Waals surface area contributed by atoms with Crippen molar-refractivity contribution in [2.45, 2.75) is 18.9 Å². The highest BCUT2D eigenvalue weighted by molar-refractivity contribution is 5.36. The number of ether oxygens (including phenoxy) is 1. The third-order valence-corrected chi connectivity index (χ3v) is 2.17. The molecule has 1 atom stereocenters. The third kappa shape index (κ3) is 2.32. The smallest absolute Gasteiger partial charge is 0.223 e. The van der Waals surface area contributed by atoms with Crippen molar-refractivity contribution in [3.05, 3.63) is 12.4 Å². The van der Waals surface area contributed by atoms with Crippen molar-refractivity contribution in [2.24, 2.45) is 0 Å². The Kier molecular flexibility index (Phi) is 2.78. The molecule has 0 radical (unpaired) electrons. The standard InChI is InChI=1S/C9H14N4O/c10-7-4-11-9(12-5-7)13-8-2-1-3-14-6-8/h4-5,8H,1-3,6,10H2,(H,11,12,13). The Labute approximate surface area is 82.7 Å². The first kappa shape index (κ1) is 9.21. The summed E-state index contributed by atoms with van der Waals surface area (Å²) in [7, 11) is 0. The highest BCUT2D eigenvalue weighted by Crippen LogP contribution is 2.10. The van der Waals surface area contributed by atoms with Crippen LogP contribution < -0.4 is 11.1 Å². The lowest BCUT2D eigenvalue weighted by Gasteiger charge is -2.22. The van der Waals surface area contributed by atoms with Crippen LogP contribution in [0.4, 0.5) is 11.6 Å². The zero-order chi connectivity index (χ0) is 9.80. The zero-order valence-corrected chi connectivity index (χ0v) is 7.94. The maximum atomic E-state index is 5.48. The van der Waals surface area contributed by atoms with Gasteiger partial charge in [-0.05, 0) is 12.8 Å². The van der Waals surface area contributed by atoms with Crippen LogP contribution in [-0.2, 0) is 4.74 Å². The Morgan fingerprint density at radius 1 is 1.43 bits per heavy atom. The molecule has 5 nitrogen and oxygen atoms in total. The first-order valence-electron chi connectivity index (χ1n) is 4.76. The van der Waals surface area contributed by atoms with Crippen LogP contribution in [0, 0.1) is 0 Å². The lowest BCUT2D eigenvalue weighted by molar-refractivity contribution is 0.0874. The lowest BCUT2D eigenvalue weighted by atomic mass is 10.1. The van der Waals surface area contributed by atoms with E-state index in [0.29, 0.717) is 17.7 Å². The van der Waals surface area contributed by atoms with Gasteiger partial charge in [0.15, 0.2) is 0 Å². The molecular formula is C9H14N4O. The number of aromatic nitrogens is 2. The van der Waals surface area contributed by atoms with E-state index in [1.807, 2.05) is 0 Å². The minimum Gasteiger partial charge on any atom is -0.396 e. The van der Waals surface area contributed by atoms with Crippen LogP contribution >= 0.6 is 0 Å². The molecule has 1 aromatic heterocycles.